The first-order chi connectivity index (χ1) is 13.5. The highest BCUT2D eigenvalue weighted by atomic mass is 32.1. The number of ether oxygens (including phenoxy) is 1. The highest BCUT2D eigenvalue weighted by molar-refractivity contribution is 7.18. The number of rotatable bonds is 5. The van der Waals surface area contributed by atoms with Gasteiger partial charge in [-0.25, -0.2) is 0 Å². The lowest BCUT2D eigenvalue weighted by atomic mass is 10.2. The lowest BCUT2D eigenvalue weighted by Gasteiger charge is -2.11. The topological polar surface area (TPSA) is 120 Å². The molecule has 0 unspecified atom stereocenters. The summed E-state index contributed by atoms with van der Waals surface area (Å²) in [6.07, 6.45) is 0. The van der Waals surface area contributed by atoms with Gasteiger partial charge in [-0.3, -0.25) is 10.2 Å². The quantitative estimate of drug-likeness (QED) is 0.383. The molecule has 9 heteroatoms. The number of carboxylic acids is 1. The zero-order chi connectivity index (χ0) is 20.4. The van der Waals surface area contributed by atoms with E-state index < -0.39 is 5.97 Å². The van der Waals surface area contributed by atoms with Crippen molar-refractivity contribution in [2.75, 3.05) is 12.4 Å². The van der Waals surface area contributed by atoms with E-state index in [0.717, 1.165) is 28.8 Å². The van der Waals surface area contributed by atoms with Crippen molar-refractivity contribution in [3.05, 3.63) is 60.2 Å². The molecule has 0 saturated heterocycles. The van der Waals surface area contributed by atoms with Crippen LogP contribution in [0.3, 0.4) is 0 Å². The summed E-state index contributed by atoms with van der Waals surface area (Å²) in [4.78, 5) is 9.00. The van der Waals surface area contributed by atoms with Crippen LogP contribution in [0.4, 0.5) is 5.13 Å². The number of guanidine groups is 1. The number of para-hydroxylation sites is 1. The Morgan fingerprint density at radius 1 is 1.14 bits per heavy atom. The minimum Gasteiger partial charge on any atom is -0.496 e. The third-order valence-electron chi connectivity index (χ3n) is 3.33. The summed E-state index contributed by atoms with van der Waals surface area (Å²) >= 11 is 1.40. The fourth-order valence-corrected chi connectivity index (χ4v) is 2.91. The normalized spacial score (nSPS) is 9.64. The van der Waals surface area contributed by atoms with E-state index in [2.05, 4.69) is 20.8 Å². The first kappa shape index (κ1) is 20.8. The van der Waals surface area contributed by atoms with Gasteiger partial charge in [-0.2, -0.15) is 0 Å². The molecule has 4 N–H and O–H groups in total. The molecule has 0 fully saturated rings. The molecule has 2 aromatic carbocycles. The highest BCUT2D eigenvalue weighted by Gasteiger charge is 2.08. The maximum atomic E-state index is 9.00. The summed E-state index contributed by atoms with van der Waals surface area (Å²) in [7, 11) is 1.63. The van der Waals surface area contributed by atoms with Crippen LogP contribution in [0.15, 0.2) is 54.6 Å². The van der Waals surface area contributed by atoms with E-state index in [1.807, 2.05) is 54.6 Å². The fourth-order valence-electron chi connectivity index (χ4n) is 2.15. The summed E-state index contributed by atoms with van der Waals surface area (Å²) in [6, 6.07) is 17.5. The van der Waals surface area contributed by atoms with Crippen molar-refractivity contribution in [1.82, 2.24) is 15.5 Å². The zero-order valence-corrected chi connectivity index (χ0v) is 16.3. The zero-order valence-electron chi connectivity index (χ0n) is 15.5. The monoisotopic (exact) mass is 399 g/mol. The van der Waals surface area contributed by atoms with Gasteiger partial charge in [0.1, 0.15) is 10.8 Å². The molecule has 28 heavy (non-hydrogen) atoms. The van der Waals surface area contributed by atoms with Crippen molar-refractivity contribution in [2.24, 2.45) is 0 Å². The number of hydrogen-bond acceptors (Lipinski definition) is 6. The smallest absolute Gasteiger partial charge is 0.300 e. The Kier molecular flexibility index (Phi) is 7.92. The average molecular weight is 399 g/mol. The molecule has 0 aliphatic rings. The van der Waals surface area contributed by atoms with Gasteiger partial charge in [0.2, 0.25) is 5.13 Å². The van der Waals surface area contributed by atoms with Crippen LogP contribution in [-0.4, -0.2) is 34.3 Å². The number of anilines is 1. The Morgan fingerprint density at radius 2 is 1.79 bits per heavy atom. The van der Waals surface area contributed by atoms with Gasteiger partial charge >= 0.3 is 0 Å². The van der Waals surface area contributed by atoms with Gasteiger partial charge in [0.15, 0.2) is 5.96 Å². The standard InChI is InChI=1S/C17H17N5OS.C2H4O2/c1-23-14-10-6-5-9-13(14)11-19-16(18)20-17-22-21-15(24-17)12-7-3-2-4-8-12;1-2(3)4/h2-10H,11H2,1H3,(H3,18,19,20,22);1H3,(H,3,4). The van der Waals surface area contributed by atoms with Gasteiger partial charge in [-0.1, -0.05) is 59.9 Å². The number of nitrogens with zero attached hydrogens (tertiary/aromatic N) is 2. The second kappa shape index (κ2) is 10.6. The molecular weight excluding hydrogens is 378 g/mol. The van der Waals surface area contributed by atoms with Crippen molar-refractivity contribution < 1.29 is 14.6 Å². The first-order valence-electron chi connectivity index (χ1n) is 8.29. The van der Waals surface area contributed by atoms with Crippen molar-refractivity contribution in [3.63, 3.8) is 0 Å². The molecule has 1 heterocycles. The fraction of sp³-hybridized carbons (Fsp3) is 0.158. The molecule has 0 aliphatic heterocycles. The second-order valence-electron chi connectivity index (χ2n) is 5.46. The lowest BCUT2D eigenvalue weighted by molar-refractivity contribution is -0.134. The molecule has 0 saturated carbocycles. The van der Waals surface area contributed by atoms with Crippen LogP contribution in [-0.2, 0) is 11.3 Å². The molecule has 8 nitrogen and oxygen atoms in total. The van der Waals surface area contributed by atoms with E-state index in [-0.39, 0.29) is 5.96 Å². The van der Waals surface area contributed by atoms with E-state index in [4.69, 9.17) is 20.0 Å². The summed E-state index contributed by atoms with van der Waals surface area (Å²) in [5, 5.41) is 30.9. The highest BCUT2D eigenvalue weighted by Crippen LogP contribution is 2.25. The Bertz CT molecular complexity index is 911. The first-order valence-corrected chi connectivity index (χ1v) is 9.11. The minimum atomic E-state index is -0.833. The number of nitrogens with one attached hydrogen (secondary N) is 3. The van der Waals surface area contributed by atoms with Crippen LogP contribution in [0.25, 0.3) is 10.6 Å². The summed E-state index contributed by atoms with van der Waals surface area (Å²) in [5.41, 5.74) is 1.99. The van der Waals surface area contributed by atoms with Crippen LogP contribution >= 0.6 is 11.3 Å². The van der Waals surface area contributed by atoms with Crippen molar-refractivity contribution >= 4 is 28.4 Å². The molecule has 3 aromatic rings. The third kappa shape index (κ3) is 6.69. The van der Waals surface area contributed by atoms with E-state index in [1.165, 1.54) is 11.3 Å². The largest absolute Gasteiger partial charge is 0.496 e. The van der Waals surface area contributed by atoms with Gasteiger partial charge in [-0.15, -0.1) is 10.2 Å². The number of aliphatic carboxylic acids is 1. The Labute approximate surface area is 166 Å². The molecular formula is C19H21N5O3S. The minimum absolute atomic E-state index is 0.164. The summed E-state index contributed by atoms with van der Waals surface area (Å²) in [5.74, 6) is 0.122. The molecule has 0 atom stereocenters. The Hall–Kier alpha value is -3.46. The van der Waals surface area contributed by atoms with Crippen LogP contribution in [0.5, 0.6) is 5.75 Å². The van der Waals surface area contributed by atoms with Gasteiger partial charge < -0.3 is 20.5 Å². The molecule has 3 rings (SSSR count). The number of hydrogen-bond donors (Lipinski definition) is 4. The predicted molar refractivity (Wildman–Crippen MR) is 110 cm³/mol. The predicted octanol–water partition coefficient (Wildman–Crippen LogP) is 3.44. The Balaban J connectivity index is 0.000000640. The maximum Gasteiger partial charge on any atom is 0.300 e. The van der Waals surface area contributed by atoms with E-state index in [1.54, 1.807) is 7.11 Å². The number of carboxylic acid groups (broad SMARTS) is 1. The van der Waals surface area contributed by atoms with Crippen LogP contribution in [0.1, 0.15) is 12.5 Å². The number of methoxy groups -OCH3 is 1. The van der Waals surface area contributed by atoms with Gasteiger partial charge in [0.25, 0.3) is 5.97 Å². The van der Waals surface area contributed by atoms with Gasteiger partial charge in [-0.05, 0) is 6.07 Å². The molecule has 0 bridgehead atoms. The second-order valence-corrected chi connectivity index (χ2v) is 6.44. The molecule has 1 aromatic heterocycles. The third-order valence-corrected chi connectivity index (χ3v) is 4.21. The van der Waals surface area contributed by atoms with Crippen molar-refractivity contribution in [1.29, 1.82) is 5.41 Å². The molecule has 0 aliphatic carbocycles. The van der Waals surface area contributed by atoms with Crippen molar-refractivity contribution in [2.45, 2.75) is 13.5 Å². The number of aromatic nitrogens is 2. The number of benzene rings is 2. The lowest BCUT2D eigenvalue weighted by Crippen LogP contribution is -2.29. The van der Waals surface area contributed by atoms with E-state index >= 15 is 0 Å². The van der Waals surface area contributed by atoms with E-state index in [9.17, 15) is 0 Å². The van der Waals surface area contributed by atoms with E-state index in [0.29, 0.717) is 11.7 Å². The molecule has 0 radical (unpaired) electrons. The average Bonchev–Trinajstić information content (AvgIpc) is 3.15. The number of carbonyl (C=O) groups is 1. The Morgan fingerprint density at radius 3 is 2.46 bits per heavy atom. The SMILES string of the molecule is CC(=O)O.COc1ccccc1CNC(=N)Nc1nnc(-c2ccccc2)s1. The van der Waals surface area contributed by atoms with Crippen LogP contribution in [0.2, 0.25) is 0 Å². The van der Waals surface area contributed by atoms with Crippen LogP contribution < -0.4 is 15.4 Å². The summed E-state index contributed by atoms with van der Waals surface area (Å²) in [6.45, 7) is 1.57. The molecule has 0 spiro atoms. The van der Waals surface area contributed by atoms with Crippen molar-refractivity contribution in [3.8, 4) is 16.3 Å². The van der Waals surface area contributed by atoms with Crippen LogP contribution in [0, 0.1) is 5.41 Å². The molecule has 146 valence electrons. The van der Waals surface area contributed by atoms with Gasteiger partial charge in [0, 0.05) is 24.6 Å². The van der Waals surface area contributed by atoms with Gasteiger partial charge in [0.05, 0.1) is 7.11 Å². The maximum absolute atomic E-state index is 9.00. The molecule has 0 amide bonds. The summed E-state index contributed by atoms with van der Waals surface area (Å²) < 4.78 is 5.30.